The van der Waals surface area contributed by atoms with Crippen LogP contribution in [0.4, 0.5) is 0 Å². The predicted octanol–water partition coefficient (Wildman–Crippen LogP) is 5.22. The molecule has 103 valence electrons. The monoisotopic (exact) mass is 273 g/mol. The van der Waals surface area contributed by atoms with Gasteiger partial charge in [0, 0.05) is 10.9 Å². The third-order valence-electron chi connectivity index (χ3n) is 3.41. The molecule has 3 rings (SSSR count). The largest absolute Gasteiger partial charge is 0.492 e. The van der Waals surface area contributed by atoms with Gasteiger partial charge in [-0.3, -0.25) is 0 Å². The highest BCUT2D eigenvalue weighted by Gasteiger charge is 2.06. The van der Waals surface area contributed by atoms with Gasteiger partial charge in [-0.2, -0.15) is 0 Å². The molecule has 0 aliphatic heterocycles. The van der Waals surface area contributed by atoms with E-state index >= 15 is 0 Å². The third-order valence-corrected chi connectivity index (χ3v) is 3.41. The predicted molar refractivity (Wildman–Crippen MR) is 90.2 cm³/mol. The standard InChI is InChI=1S/C20H17O/c1-2-21-20-18(13-12-16-8-4-3-5-9-16)15-14-17-10-6-7-11-19(17)20/h3-15H,1-2H2. The maximum Gasteiger partial charge on any atom is 0.134 e. The molecule has 21 heavy (non-hydrogen) atoms. The molecule has 0 unspecified atom stereocenters. The summed E-state index contributed by atoms with van der Waals surface area (Å²) in [5, 5.41) is 2.30. The van der Waals surface area contributed by atoms with Gasteiger partial charge in [-0.25, -0.2) is 0 Å². The Morgan fingerprint density at radius 3 is 2.38 bits per heavy atom. The smallest absolute Gasteiger partial charge is 0.134 e. The van der Waals surface area contributed by atoms with Gasteiger partial charge in [-0.15, -0.1) is 0 Å². The van der Waals surface area contributed by atoms with Crippen molar-refractivity contribution in [1.29, 1.82) is 0 Å². The summed E-state index contributed by atoms with van der Waals surface area (Å²) in [5.41, 5.74) is 2.24. The van der Waals surface area contributed by atoms with Crippen LogP contribution in [0.25, 0.3) is 22.9 Å². The van der Waals surface area contributed by atoms with Gasteiger partial charge in [0.05, 0.1) is 6.61 Å². The highest BCUT2D eigenvalue weighted by molar-refractivity contribution is 5.93. The Morgan fingerprint density at radius 1 is 0.810 bits per heavy atom. The van der Waals surface area contributed by atoms with Crippen LogP contribution in [0.15, 0.2) is 66.7 Å². The lowest BCUT2D eigenvalue weighted by molar-refractivity contribution is 0.364. The SMILES string of the molecule is [CH2]COc1c(C=Cc2ccccc2)ccc2ccccc12. The van der Waals surface area contributed by atoms with Gasteiger partial charge in [0.1, 0.15) is 5.75 Å². The summed E-state index contributed by atoms with van der Waals surface area (Å²) in [4.78, 5) is 0. The highest BCUT2D eigenvalue weighted by atomic mass is 16.5. The molecule has 1 radical (unpaired) electrons. The first kappa shape index (κ1) is 13.4. The lowest BCUT2D eigenvalue weighted by Crippen LogP contribution is -1.95. The Labute approximate surface area is 125 Å². The quantitative estimate of drug-likeness (QED) is 0.592. The Kier molecular flexibility index (Phi) is 4.02. The van der Waals surface area contributed by atoms with E-state index in [0.29, 0.717) is 6.61 Å². The Hall–Kier alpha value is -2.54. The average molecular weight is 273 g/mol. The van der Waals surface area contributed by atoms with E-state index in [-0.39, 0.29) is 0 Å². The summed E-state index contributed by atoms with van der Waals surface area (Å²) in [7, 11) is 0. The molecule has 0 N–H and O–H groups in total. The summed E-state index contributed by atoms with van der Waals surface area (Å²) >= 11 is 0. The van der Waals surface area contributed by atoms with Gasteiger partial charge in [-0.1, -0.05) is 78.9 Å². The molecular weight excluding hydrogens is 256 g/mol. The number of fused-ring (bicyclic) bond motifs is 1. The van der Waals surface area contributed by atoms with Crippen molar-refractivity contribution >= 4 is 22.9 Å². The van der Waals surface area contributed by atoms with Gasteiger partial charge in [0.2, 0.25) is 0 Å². The molecule has 0 bridgehead atoms. The van der Waals surface area contributed by atoms with Crippen LogP contribution < -0.4 is 4.74 Å². The van der Waals surface area contributed by atoms with Gasteiger partial charge in [0.25, 0.3) is 0 Å². The molecular formula is C20H17O. The lowest BCUT2D eigenvalue weighted by atomic mass is 10.0. The number of benzene rings is 3. The first-order valence-electron chi connectivity index (χ1n) is 7.05. The molecule has 3 aromatic carbocycles. The van der Waals surface area contributed by atoms with E-state index in [1.807, 2.05) is 30.3 Å². The van der Waals surface area contributed by atoms with Crippen molar-refractivity contribution in [2.45, 2.75) is 0 Å². The summed E-state index contributed by atoms with van der Waals surface area (Å²) in [5.74, 6) is 0.898. The second-order valence-electron chi connectivity index (χ2n) is 4.80. The summed E-state index contributed by atoms with van der Waals surface area (Å²) in [6.07, 6.45) is 4.19. The molecule has 3 aromatic rings. The number of ether oxygens (including phenoxy) is 1. The van der Waals surface area contributed by atoms with Crippen LogP contribution >= 0.6 is 0 Å². The Morgan fingerprint density at radius 2 is 1.57 bits per heavy atom. The maximum absolute atomic E-state index is 5.78. The summed E-state index contributed by atoms with van der Waals surface area (Å²) in [6.45, 7) is 4.22. The number of hydrogen-bond acceptors (Lipinski definition) is 1. The van der Waals surface area contributed by atoms with Crippen molar-refractivity contribution in [3.8, 4) is 5.75 Å². The first-order chi connectivity index (χ1) is 10.4. The third kappa shape index (κ3) is 2.97. The van der Waals surface area contributed by atoms with E-state index in [1.165, 1.54) is 10.9 Å². The molecule has 1 heteroatoms. The minimum atomic E-state index is 0.417. The fourth-order valence-corrected chi connectivity index (χ4v) is 2.40. The van der Waals surface area contributed by atoms with Crippen molar-refractivity contribution in [3.63, 3.8) is 0 Å². The van der Waals surface area contributed by atoms with Crippen LogP contribution in [-0.2, 0) is 0 Å². The molecule has 1 nitrogen and oxygen atoms in total. The molecule has 0 heterocycles. The van der Waals surface area contributed by atoms with Crippen LogP contribution in [0, 0.1) is 6.92 Å². The average Bonchev–Trinajstić information content (AvgIpc) is 2.55. The Bertz CT molecular complexity index is 757. The molecule has 0 spiro atoms. The van der Waals surface area contributed by atoms with Gasteiger partial charge in [0.15, 0.2) is 0 Å². The molecule has 0 aliphatic rings. The number of hydrogen-bond donors (Lipinski definition) is 0. The van der Waals surface area contributed by atoms with Crippen LogP contribution in [-0.4, -0.2) is 6.61 Å². The zero-order valence-corrected chi connectivity index (χ0v) is 11.8. The summed E-state index contributed by atoms with van der Waals surface area (Å²) < 4.78 is 5.78. The lowest BCUT2D eigenvalue weighted by Gasteiger charge is -2.11. The van der Waals surface area contributed by atoms with Crippen molar-refractivity contribution in [2.24, 2.45) is 0 Å². The molecule has 0 aliphatic carbocycles. The van der Waals surface area contributed by atoms with E-state index in [1.54, 1.807) is 0 Å². The maximum atomic E-state index is 5.78. The van der Waals surface area contributed by atoms with E-state index < -0.39 is 0 Å². The second kappa shape index (κ2) is 6.27. The van der Waals surface area contributed by atoms with E-state index in [2.05, 4.69) is 55.5 Å². The van der Waals surface area contributed by atoms with E-state index in [4.69, 9.17) is 4.74 Å². The van der Waals surface area contributed by atoms with Crippen LogP contribution in [0.3, 0.4) is 0 Å². The first-order valence-corrected chi connectivity index (χ1v) is 7.05. The number of rotatable bonds is 4. The topological polar surface area (TPSA) is 9.23 Å². The molecule has 0 fully saturated rings. The summed E-state index contributed by atoms with van der Waals surface area (Å²) in [6, 6.07) is 22.7. The van der Waals surface area contributed by atoms with Crippen molar-refractivity contribution in [3.05, 3.63) is 84.8 Å². The van der Waals surface area contributed by atoms with Gasteiger partial charge in [-0.05, 0) is 17.9 Å². The highest BCUT2D eigenvalue weighted by Crippen LogP contribution is 2.31. The molecule has 0 saturated heterocycles. The van der Waals surface area contributed by atoms with E-state index in [9.17, 15) is 0 Å². The van der Waals surface area contributed by atoms with Gasteiger partial charge >= 0.3 is 0 Å². The van der Waals surface area contributed by atoms with Crippen molar-refractivity contribution in [2.75, 3.05) is 6.61 Å². The molecule has 0 saturated carbocycles. The normalized spacial score (nSPS) is 11.1. The van der Waals surface area contributed by atoms with E-state index in [0.717, 1.165) is 16.7 Å². The molecule has 0 aromatic heterocycles. The van der Waals surface area contributed by atoms with Crippen LogP contribution in [0.5, 0.6) is 5.75 Å². The van der Waals surface area contributed by atoms with Crippen molar-refractivity contribution in [1.82, 2.24) is 0 Å². The Balaban J connectivity index is 2.05. The van der Waals surface area contributed by atoms with Crippen molar-refractivity contribution < 1.29 is 4.74 Å². The minimum Gasteiger partial charge on any atom is -0.492 e. The zero-order chi connectivity index (χ0) is 14.5. The zero-order valence-electron chi connectivity index (χ0n) is 11.8. The second-order valence-corrected chi connectivity index (χ2v) is 4.80. The van der Waals surface area contributed by atoms with Gasteiger partial charge < -0.3 is 4.74 Å². The van der Waals surface area contributed by atoms with Crippen LogP contribution in [0.2, 0.25) is 0 Å². The molecule has 0 amide bonds. The minimum absolute atomic E-state index is 0.417. The molecule has 0 atom stereocenters. The fraction of sp³-hybridized carbons (Fsp3) is 0.0500. The fourth-order valence-electron chi connectivity index (χ4n) is 2.40. The van der Waals surface area contributed by atoms with Crippen LogP contribution in [0.1, 0.15) is 11.1 Å².